The lowest BCUT2D eigenvalue weighted by molar-refractivity contribution is -0.140. The van der Waals surface area contributed by atoms with Crippen molar-refractivity contribution in [3.05, 3.63) is 60.7 Å². The molecule has 1 atom stereocenters. The molecule has 0 aromatic heterocycles. The van der Waals surface area contributed by atoms with E-state index in [1.165, 1.54) is 6.08 Å². The Hall–Kier alpha value is -1.87. The van der Waals surface area contributed by atoms with Crippen LogP contribution in [0.1, 0.15) is 12.5 Å². The fourth-order valence-electron chi connectivity index (χ4n) is 1.48. The van der Waals surface area contributed by atoms with E-state index in [0.29, 0.717) is 5.56 Å². The Balaban J connectivity index is 3.09. The van der Waals surface area contributed by atoms with E-state index in [0.717, 1.165) is 0 Å². The molecule has 0 spiro atoms. The fraction of sp³-hybridized carbons (Fsp3) is 0.214. The van der Waals surface area contributed by atoms with E-state index in [-0.39, 0.29) is 12.2 Å². The van der Waals surface area contributed by atoms with Gasteiger partial charge in [-0.15, -0.1) is 0 Å². The molecular weight excluding hydrogens is 216 g/mol. The molecule has 1 aromatic rings. The number of esters is 1. The molecule has 0 saturated carbocycles. The van der Waals surface area contributed by atoms with Crippen molar-refractivity contribution in [1.82, 2.24) is 0 Å². The van der Waals surface area contributed by atoms with Crippen LogP contribution in [0.25, 0.3) is 0 Å². The van der Waals surface area contributed by atoms with E-state index in [2.05, 4.69) is 13.2 Å². The lowest BCUT2D eigenvalue weighted by atomic mass is 9.87. The molecule has 0 aliphatic carbocycles. The number of benzene rings is 1. The van der Waals surface area contributed by atoms with Crippen LogP contribution in [0, 0.1) is 0 Å². The van der Waals surface area contributed by atoms with Crippen LogP contribution in [0.5, 0.6) is 0 Å². The topological polar surface area (TPSA) is 46.5 Å². The van der Waals surface area contributed by atoms with Gasteiger partial charge in [-0.1, -0.05) is 49.6 Å². The molecule has 0 aliphatic heterocycles. The number of carbonyl (C=O) groups excluding carboxylic acids is 1. The van der Waals surface area contributed by atoms with Crippen LogP contribution in [0.15, 0.2) is 55.1 Å². The van der Waals surface area contributed by atoms with Gasteiger partial charge >= 0.3 is 5.97 Å². The molecule has 0 fully saturated rings. The second-order valence-electron chi connectivity index (χ2n) is 3.54. The van der Waals surface area contributed by atoms with Crippen LogP contribution >= 0.6 is 0 Å². The third-order valence-corrected chi connectivity index (χ3v) is 2.49. The number of rotatable bonds is 5. The zero-order valence-corrected chi connectivity index (χ0v) is 9.85. The van der Waals surface area contributed by atoms with Crippen LogP contribution in [-0.4, -0.2) is 17.7 Å². The molecule has 1 aromatic carbocycles. The highest BCUT2D eigenvalue weighted by molar-refractivity contribution is 5.90. The minimum atomic E-state index is -1.59. The average Bonchev–Trinajstić information content (AvgIpc) is 2.38. The van der Waals surface area contributed by atoms with Crippen LogP contribution in [-0.2, 0) is 15.1 Å². The molecular formula is C14H16O3. The molecule has 1 rings (SSSR count). The molecule has 17 heavy (non-hydrogen) atoms. The quantitative estimate of drug-likeness (QED) is 0.481. The van der Waals surface area contributed by atoms with Crippen LogP contribution in [0.4, 0.5) is 0 Å². The van der Waals surface area contributed by atoms with Crippen LogP contribution in [0.3, 0.4) is 0 Å². The minimum absolute atomic E-state index is 0.0412. The molecule has 0 saturated heterocycles. The Morgan fingerprint density at radius 1 is 1.47 bits per heavy atom. The van der Waals surface area contributed by atoms with Gasteiger partial charge < -0.3 is 9.84 Å². The third kappa shape index (κ3) is 2.63. The van der Waals surface area contributed by atoms with Crippen LogP contribution < -0.4 is 0 Å². The number of hydrogen-bond acceptors (Lipinski definition) is 3. The summed E-state index contributed by atoms with van der Waals surface area (Å²) in [6, 6.07) is 8.75. The summed E-state index contributed by atoms with van der Waals surface area (Å²) in [6.45, 7) is 9.08. The highest BCUT2D eigenvalue weighted by atomic mass is 16.5. The first-order chi connectivity index (χ1) is 8.06. The van der Waals surface area contributed by atoms with Crippen molar-refractivity contribution in [2.75, 3.05) is 6.61 Å². The predicted molar refractivity (Wildman–Crippen MR) is 66.3 cm³/mol. The summed E-state index contributed by atoms with van der Waals surface area (Å²) in [5.41, 5.74) is -1.10. The summed E-state index contributed by atoms with van der Waals surface area (Å²) >= 11 is 0. The number of hydrogen-bond donors (Lipinski definition) is 1. The maximum Gasteiger partial charge on any atom is 0.337 e. The molecule has 3 nitrogen and oxygen atoms in total. The van der Waals surface area contributed by atoms with Gasteiger partial charge in [-0.3, -0.25) is 0 Å². The molecule has 0 amide bonds. The number of aliphatic hydroxyl groups is 1. The van der Waals surface area contributed by atoms with E-state index in [1.807, 2.05) is 6.07 Å². The summed E-state index contributed by atoms with van der Waals surface area (Å²) in [5, 5.41) is 10.4. The van der Waals surface area contributed by atoms with Gasteiger partial charge in [0.05, 0.1) is 12.2 Å². The van der Waals surface area contributed by atoms with Crippen molar-refractivity contribution in [2.24, 2.45) is 0 Å². The lowest BCUT2D eigenvalue weighted by Crippen LogP contribution is -2.30. The van der Waals surface area contributed by atoms with E-state index in [4.69, 9.17) is 4.74 Å². The third-order valence-electron chi connectivity index (χ3n) is 2.49. The van der Waals surface area contributed by atoms with E-state index in [9.17, 15) is 9.90 Å². The van der Waals surface area contributed by atoms with Crippen molar-refractivity contribution in [3.63, 3.8) is 0 Å². The standard InChI is InChI=1S/C14H16O3/c1-4-14(16,11(3)13(15)17-5-2)12-9-7-6-8-10-12/h4,6-10,16H,1,3,5H2,2H3. The Morgan fingerprint density at radius 3 is 2.53 bits per heavy atom. The van der Waals surface area contributed by atoms with Crippen molar-refractivity contribution in [2.45, 2.75) is 12.5 Å². The van der Waals surface area contributed by atoms with Gasteiger partial charge in [-0.2, -0.15) is 0 Å². The summed E-state index contributed by atoms with van der Waals surface area (Å²) in [6.07, 6.45) is 1.28. The summed E-state index contributed by atoms with van der Waals surface area (Å²) < 4.78 is 4.83. The first-order valence-corrected chi connectivity index (χ1v) is 5.34. The summed E-state index contributed by atoms with van der Waals surface area (Å²) in [5.74, 6) is -0.626. The van der Waals surface area contributed by atoms with Crippen molar-refractivity contribution < 1.29 is 14.6 Å². The van der Waals surface area contributed by atoms with Crippen molar-refractivity contribution in [3.8, 4) is 0 Å². The Labute approximate surface area is 101 Å². The molecule has 0 aliphatic rings. The second kappa shape index (κ2) is 5.46. The van der Waals surface area contributed by atoms with Gasteiger partial charge in [0.15, 0.2) is 0 Å². The van der Waals surface area contributed by atoms with Crippen molar-refractivity contribution >= 4 is 5.97 Å². The van der Waals surface area contributed by atoms with Crippen molar-refractivity contribution in [1.29, 1.82) is 0 Å². The van der Waals surface area contributed by atoms with Gasteiger partial charge in [0.25, 0.3) is 0 Å². The first-order valence-electron chi connectivity index (χ1n) is 5.34. The highest BCUT2D eigenvalue weighted by Gasteiger charge is 2.34. The molecule has 0 radical (unpaired) electrons. The van der Waals surface area contributed by atoms with E-state index < -0.39 is 11.6 Å². The monoisotopic (exact) mass is 232 g/mol. The average molecular weight is 232 g/mol. The molecule has 90 valence electrons. The molecule has 0 bridgehead atoms. The van der Waals surface area contributed by atoms with E-state index in [1.54, 1.807) is 31.2 Å². The largest absolute Gasteiger partial charge is 0.463 e. The Kier molecular flexibility index (Phi) is 4.24. The smallest absolute Gasteiger partial charge is 0.337 e. The van der Waals surface area contributed by atoms with E-state index >= 15 is 0 Å². The summed E-state index contributed by atoms with van der Waals surface area (Å²) in [4.78, 5) is 11.6. The molecule has 3 heteroatoms. The van der Waals surface area contributed by atoms with Gasteiger partial charge in [-0.05, 0) is 12.5 Å². The zero-order chi connectivity index (χ0) is 12.9. The molecule has 0 heterocycles. The predicted octanol–water partition coefficient (Wildman–Crippen LogP) is 2.18. The minimum Gasteiger partial charge on any atom is -0.463 e. The lowest BCUT2D eigenvalue weighted by Gasteiger charge is -2.25. The second-order valence-corrected chi connectivity index (χ2v) is 3.54. The maximum absolute atomic E-state index is 11.6. The first kappa shape index (κ1) is 13.2. The zero-order valence-electron chi connectivity index (χ0n) is 9.85. The molecule has 1 unspecified atom stereocenters. The maximum atomic E-state index is 11.6. The van der Waals surface area contributed by atoms with Crippen LogP contribution in [0.2, 0.25) is 0 Å². The Bertz CT molecular complexity index is 422. The van der Waals surface area contributed by atoms with Gasteiger partial charge in [0.2, 0.25) is 0 Å². The highest BCUT2D eigenvalue weighted by Crippen LogP contribution is 2.30. The normalized spacial score (nSPS) is 13.5. The number of ether oxygens (including phenoxy) is 1. The van der Waals surface area contributed by atoms with Gasteiger partial charge in [-0.25, -0.2) is 4.79 Å². The number of carbonyl (C=O) groups is 1. The Morgan fingerprint density at radius 2 is 2.06 bits per heavy atom. The summed E-state index contributed by atoms with van der Waals surface area (Å²) in [7, 11) is 0. The van der Waals surface area contributed by atoms with Gasteiger partial charge in [0, 0.05) is 0 Å². The molecule has 1 N–H and O–H groups in total. The van der Waals surface area contributed by atoms with Gasteiger partial charge in [0.1, 0.15) is 5.60 Å². The SMILES string of the molecule is C=CC(O)(C(=C)C(=O)OCC)c1ccccc1. The fourth-order valence-corrected chi connectivity index (χ4v) is 1.48.